The number of nitrogens with zero attached hydrogens (tertiary/aromatic N) is 1. The molecule has 2 aliphatic rings. The van der Waals surface area contributed by atoms with E-state index in [4.69, 9.17) is 9.15 Å². The van der Waals surface area contributed by atoms with Crippen molar-refractivity contribution >= 4 is 17.1 Å². The maximum Gasteiger partial charge on any atom is 0.434 e. The molecule has 7 heteroatoms. The van der Waals surface area contributed by atoms with Crippen molar-refractivity contribution in [3.8, 4) is 0 Å². The zero-order valence-electron chi connectivity index (χ0n) is 12.8. The minimum absolute atomic E-state index is 0.153. The number of carbonyl (C=O) groups is 1. The minimum atomic E-state index is -4.77. The SMILES string of the molecule is O=C(OC(c1nc2ccccc2o1)C(F)(F)F)C1CC2CCC1C2. The Hall–Kier alpha value is -2.05. The van der Waals surface area contributed by atoms with Crippen LogP contribution in [0, 0.1) is 17.8 Å². The Bertz CT molecular complexity index is 737. The van der Waals surface area contributed by atoms with Crippen LogP contribution in [0.2, 0.25) is 0 Å². The molecule has 0 spiro atoms. The number of hydrogen-bond acceptors (Lipinski definition) is 4. The highest BCUT2D eigenvalue weighted by atomic mass is 19.4. The maximum atomic E-state index is 13.4. The van der Waals surface area contributed by atoms with Crippen LogP contribution in [-0.2, 0) is 9.53 Å². The predicted molar refractivity (Wildman–Crippen MR) is 77.8 cm³/mol. The summed E-state index contributed by atoms with van der Waals surface area (Å²) < 4.78 is 50.2. The summed E-state index contributed by atoms with van der Waals surface area (Å²) in [4.78, 5) is 16.1. The van der Waals surface area contributed by atoms with E-state index < -0.39 is 30.1 Å². The van der Waals surface area contributed by atoms with Gasteiger partial charge in [-0.25, -0.2) is 4.98 Å². The molecule has 2 aliphatic carbocycles. The third-order valence-corrected chi connectivity index (χ3v) is 5.11. The molecule has 0 radical (unpaired) electrons. The van der Waals surface area contributed by atoms with Crippen molar-refractivity contribution in [3.63, 3.8) is 0 Å². The molecule has 128 valence electrons. The molecule has 4 rings (SSSR count). The highest BCUT2D eigenvalue weighted by molar-refractivity contribution is 5.74. The van der Waals surface area contributed by atoms with Crippen LogP contribution in [0.15, 0.2) is 28.7 Å². The lowest BCUT2D eigenvalue weighted by atomic mass is 9.89. The number of fused-ring (bicyclic) bond motifs is 3. The van der Waals surface area contributed by atoms with Gasteiger partial charge in [0.05, 0.1) is 5.92 Å². The zero-order valence-corrected chi connectivity index (χ0v) is 12.8. The second-order valence-electron chi connectivity index (χ2n) is 6.66. The molecular formula is C17H16F3NO3. The molecule has 2 saturated carbocycles. The van der Waals surface area contributed by atoms with Gasteiger partial charge >= 0.3 is 12.1 Å². The number of benzene rings is 1. The lowest BCUT2D eigenvalue weighted by Gasteiger charge is -2.23. The summed E-state index contributed by atoms with van der Waals surface area (Å²) in [6.45, 7) is 0. The highest BCUT2D eigenvalue weighted by Gasteiger charge is 2.51. The summed E-state index contributed by atoms with van der Waals surface area (Å²) in [5.74, 6) is -1.24. The fourth-order valence-electron chi connectivity index (χ4n) is 4.00. The van der Waals surface area contributed by atoms with E-state index in [1.165, 1.54) is 6.07 Å². The number of aromatic nitrogens is 1. The third-order valence-electron chi connectivity index (χ3n) is 5.11. The predicted octanol–water partition coefficient (Wildman–Crippen LogP) is 4.41. The van der Waals surface area contributed by atoms with E-state index in [1.54, 1.807) is 18.2 Å². The Labute approximate surface area is 136 Å². The quantitative estimate of drug-likeness (QED) is 0.777. The first-order chi connectivity index (χ1) is 11.4. The van der Waals surface area contributed by atoms with Gasteiger partial charge in [-0.1, -0.05) is 18.6 Å². The molecule has 0 N–H and O–H groups in total. The van der Waals surface area contributed by atoms with E-state index >= 15 is 0 Å². The van der Waals surface area contributed by atoms with Crippen molar-refractivity contribution in [2.45, 2.75) is 38.0 Å². The van der Waals surface area contributed by atoms with E-state index in [1.807, 2.05) is 0 Å². The molecule has 4 unspecified atom stereocenters. The monoisotopic (exact) mass is 339 g/mol. The molecule has 4 atom stereocenters. The first-order valence-corrected chi connectivity index (χ1v) is 8.04. The summed E-state index contributed by atoms with van der Waals surface area (Å²) in [6, 6.07) is 6.37. The van der Waals surface area contributed by atoms with Crippen LogP contribution in [0.3, 0.4) is 0 Å². The minimum Gasteiger partial charge on any atom is -0.442 e. The van der Waals surface area contributed by atoms with Gasteiger partial charge in [-0.3, -0.25) is 4.79 Å². The fraction of sp³-hybridized carbons (Fsp3) is 0.529. The normalized spacial score (nSPS) is 27.5. The second-order valence-corrected chi connectivity index (χ2v) is 6.66. The number of rotatable bonds is 3. The highest BCUT2D eigenvalue weighted by Crippen LogP contribution is 2.49. The second kappa shape index (κ2) is 5.50. The van der Waals surface area contributed by atoms with E-state index in [0.29, 0.717) is 17.9 Å². The van der Waals surface area contributed by atoms with Gasteiger partial charge < -0.3 is 9.15 Å². The van der Waals surface area contributed by atoms with Crippen molar-refractivity contribution in [2.24, 2.45) is 17.8 Å². The summed E-state index contributed by atoms with van der Waals surface area (Å²) in [5.41, 5.74) is 0.537. The molecule has 0 saturated heterocycles. The Kier molecular flexibility index (Phi) is 3.54. The van der Waals surface area contributed by atoms with Crippen molar-refractivity contribution in [1.29, 1.82) is 0 Å². The molecule has 0 aliphatic heterocycles. The average molecular weight is 339 g/mol. The summed E-state index contributed by atoms with van der Waals surface area (Å²) in [6.07, 6.45) is -3.74. The van der Waals surface area contributed by atoms with Crippen LogP contribution in [0.5, 0.6) is 0 Å². The molecule has 1 aromatic heterocycles. The average Bonchev–Trinajstić information content (AvgIpc) is 3.24. The molecule has 2 fully saturated rings. The Balaban J connectivity index is 1.59. The molecule has 0 amide bonds. The Morgan fingerprint density at radius 3 is 2.67 bits per heavy atom. The molecule has 1 aromatic carbocycles. The van der Waals surface area contributed by atoms with Crippen molar-refractivity contribution in [1.82, 2.24) is 4.98 Å². The maximum absolute atomic E-state index is 13.4. The van der Waals surface area contributed by atoms with Gasteiger partial charge in [-0.05, 0) is 43.2 Å². The number of para-hydroxylation sites is 2. The Morgan fingerprint density at radius 2 is 2.04 bits per heavy atom. The number of ether oxygens (including phenoxy) is 1. The van der Waals surface area contributed by atoms with Crippen LogP contribution in [0.25, 0.3) is 11.1 Å². The number of carbonyl (C=O) groups excluding carboxylic acids is 1. The van der Waals surface area contributed by atoms with Gasteiger partial charge in [0.25, 0.3) is 6.10 Å². The van der Waals surface area contributed by atoms with Crippen molar-refractivity contribution < 1.29 is 27.1 Å². The van der Waals surface area contributed by atoms with Crippen molar-refractivity contribution in [2.75, 3.05) is 0 Å². The lowest BCUT2D eigenvalue weighted by molar-refractivity contribution is -0.232. The molecular weight excluding hydrogens is 323 g/mol. The van der Waals surface area contributed by atoms with Crippen LogP contribution >= 0.6 is 0 Å². The standard InChI is InChI=1S/C17H16F3NO3/c18-17(19,20)14(15-21-12-3-1-2-4-13(12)23-15)24-16(22)11-8-9-5-6-10(11)7-9/h1-4,9-11,14H,5-8H2. The number of alkyl halides is 3. The van der Waals surface area contributed by atoms with Gasteiger partial charge in [-0.15, -0.1) is 0 Å². The van der Waals surface area contributed by atoms with E-state index in [2.05, 4.69) is 4.98 Å². The van der Waals surface area contributed by atoms with Gasteiger partial charge in [0.2, 0.25) is 5.89 Å². The number of esters is 1. The van der Waals surface area contributed by atoms with E-state index in [9.17, 15) is 18.0 Å². The summed E-state index contributed by atoms with van der Waals surface area (Å²) in [5, 5.41) is 0. The fourth-order valence-corrected chi connectivity index (χ4v) is 4.00. The van der Waals surface area contributed by atoms with E-state index in [0.717, 1.165) is 19.3 Å². The topological polar surface area (TPSA) is 52.3 Å². The molecule has 2 bridgehead atoms. The molecule has 1 heterocycles. The number of hydrogen-bond donors (Lipinski definition) is 0. The molecule has 24 heavy (non-hydrogen) atoms. The summed E-state index contributed by atoms with van der Waals surface area (Å²) in [7, 11) is 0. The number of oxazole rings is 1. The third kappa shape index (κ3) is 2.65. The smallest absolute Gasteiger partial charge is 0.434 e. The van der Waals surface area contributed by atoms with Crippen molar-refractivity contribution in [3.05, 3.63) is 30.2 Å². The van der Waals surface area contributed by atoms with Gasteiger partial charge in [0, 0.05) is 0 Å². The van der Waals surface area contributed by atoms with Gasteiger partial charge in [0.15, 0.2) is 5.58 Å². The molecule has 4 nitrogen and oxygen atoms in total. The van der Waals surface area contributed by atoms with Gasteiger partial charge in [0.1, 0.15) is 5.52 Å². The Morgan fingerprint density at radius 1 is 1.25 bits per heavy atom. The molecule has 2 aromatic rings. The van der Waals surface area contributed by atoms with E-state index in [-0.39, 0.29) is 11.5 Å². The first kappa shape index (κ1) is 15.5. The van der Waals surface area contributed by atoms with Gasteiger partial charge in [-0.2, -0.15) is 13.2 Å². The largest absolute Gasteiger partial charge is 0.442 e. The van der Waals surface area contributed by atoms with Crippen LogP contribution in [0.4, 0.5) is 13.2 Å². The van der Waals surface area contributed by atoms with Crippen LogP contribution in [0.1, 0.15) is 37.7 Å². The zero-order chi connectivity index (χ0) is 16.9. The first-order valence-electron chi connectivity index (χ1n) is 8.04. The van der Waals surface area contributed by atoms with Crippen LogP contribution in [-0.4, -0.2) is 17.1 Å². The number of halogens is 3. The summed E-state index contributed by atoms with van der Waals surface area (Å²) >= 11 is 0. The lowest BCUT2D eigenvalue weighted by Crippen LogP contribution is -2.31. The van der Waals surface area contributed by atoms with Crippen LogP contribution < -0.4 is 0 Å².